The highest BCUT2D eigenvalue weighted by molar-refractivity contribution is 8.27. The molecular formula is C23H18ClN3O3S. The second-order valence-electron chi connectivity index (χ2n) is 6.63. The molecule has 0 amide bonds. The van der Waals surface area contributed by atoms with Crippen LogP contribution in [0.25, 0.3) is 23.0 Å². The second-order valence-corrected chi connectivity index (χ2v) is 8.11. The number of benzene rings is 2. The van der Waals surface area contributed by atoms with Crippen LogP contribution in [0.5, 0.6) is 0 Å². The molecule has 0 fully saturated rings. The molecule has 4 rings (SSSR count). The predicted octanol–water partition coefficient (Wildman–Crippen LogP) is 5.16. The summed E-state index contributed by atoms with van der Waals surface area (Å²) in [5.74, 6) is -0.401. The van der Waals surface area contributed by atoms with Crippen LogP contribution in [-0.4, -0.2) is 32.5 Å². The van der Waals surface area contributed by atoms with Crippen molar-refractivity contribution in [2.45, 2.75) is 13.3 Å². The maximum absolute atomic E-state index is 12.5. The molecule has 0 radical (unpaired) electrons. The minimum Gasteiger partial charge on any atom is -0.466 e. The standard InChI is InChI=1S/C23H18ClN3O3S/c1-2-30-21(28)13-20-25-19(23(29)31-20)12-16-14-27(18-6-4-3-5-7-18)26-22(16)15-8-10-17(24)11-9-15/h3-12,14H,2,13H2,1H3/b19-12-. The predicted molar refractivity (Wildman–Crippen MR) is 123 cm³/mol. The summed E-state index contributed by atoms with van der Waals surface area (Å²) < 4.78 is 6.70. The summed E-state index contributed by atoms with van der Waals surface area (Å²) in [5.41, 5.74) is 3.45. The zero-order valence-electron chi connectivity index (χ0n) is 16.6. The Morgan fingerprint density at radius 1 is 1.16 bits per heavy atom. The van der Waals surface area contributed by atoms with E-state index >= 15 is 0 Å². The fraction of sp³-hybridized carbons (Fsp3) is 0.130. The van der Waals surface area contributed by atoms with Gasteiger partial charge in [-0.2, -0.15) is 5.10 Å². The van der Waals surface area contributed by atoms with Gasteiger partial charge in [-0.3, -0.25) is 9.59 Å². The van der Waals surface area contributed by atoms with Crippen LogP contribution < -0.4 is 0 Å². The monoisotopic (exact) mass is 451 g/mol. The molecule has 2 aromatic carbocycles. The van der Waals surface area contributed by atoms with E-state index in [-0.39, 0.29) is 23.8 Å². The summed E-state index contributed by atoms with van der Waals surface area (Å²) in [6.07, 6.45) is 3.53. The number of thioether (sulfide) groups is 1. The molecule has 1 aliphatic rings. The van der Waals surface area contributed by atoms with Gasteiger partial charge in [-0.05, 0) is 49.0 Å². The smallest absolute Gasteiger partial charge is 0.312 e. The molecular weight excluding hydrogens is 434 g/mol. The third kappa shape index (κ3) is 4.95. The highest BCUT2D eigenvalue weighted by Gasteiger charge is 2.25. The lowest BCUT2D eigenvalue weighted by Crippen LogP contribution is -2.07. The van der Waals surface area contributed by atoms with E-state index in [4.69, 9.17) is 21.4 Å². The molecule has 0 unspecified atom stereocenters. The molecule has 0 saturated carbocycles. The van der Waals surface area contributed by atoms with Gasteiger partial charge in [-0.25, -0.2) is 9.67 Å². The summed E-state index contributed by atoms with van der Waals surface area (Å²) in [6, 6.07) is 17.0. The average molecular weight is 452 g/mol. The quantitative estimate of drug-likeness (QED) is 0.382. The molecule has 2 heterocycles. The summed E-state index contributed by atoms with van der Waals surface area (Å²) in [6.45, 7) is 2.03. The van der Waals surface area contributed by atoms with Gasteiger partial charge in [0.15, 0.2) is 0 Å². The first-order chi connectivity index (χ1) is 15.0. The SMILES string of the molecule is CCOC(=O)CC1=N/C(=C\c2cn(-c3ccccc3)nc2-c2ccc(Cl)cc2)C(=O)S1. The fourth-order valence-corrected chi connectivity index (χ4v) is 3.93. The second kappa shape index (κ2) is 9.32. The number of carbonyl (C=O) groups excluding carboxylic acids is 2. The number of esters is 1. The fourth-order valence-electron chi connectivity index (χ4n) is 3.05. The molecule has 156 valence electrons. The first-order valence-electron chi connectivity index (χ1n) is 9.61. The van der Waals surface area contributed by atoms with Crippen molar-refractivity contribution in [3.63, 3.8) is 0 Å². The molecule has 0 N–H and O–H groups in total. The van der Waals surface area contributed by atoms with Crippen molar-refractivity contribution in [1.29, 1.82) is 0 Å². The van der Waals surface area contributed by atoms with Gasteiger partial charge in [0.1, 0.15) is 11.4 Å². The minimum atomic E-state index is -0.401. The van der Waals surface area contributed by atoms with Crippen LogP contribution >= 0.6 is 23.4 Å². The number of ether oxygens (including phenoxy) is 1. The normalized spacial score (nSPS) is 14.7. The molecule has 6 nitrogen and oxygen atoms in total. The van der Waals surface area contributed by atoms with Gasteiger partial charge < -0.3 is 4.74 Å². The van der Waals surface area contributed by atoms with Crippen molar-refractivity contribution >= 4 is 45.6 Å². The Morgan fingerprint density at radius 3 is 2.61 bits per heavy atom. The number of hydrogen-bond acceptors (Lipinski definition) is 6. The van der Waals surface area contributed by atoms with Crippen molar-refractivity contribution in [3.8, 4) is 16.9 Å². The van der Waals surface area contributed by atoms with Crippen LogP contribution in [0.3, 0.4) is 0 Å². The number of para-hydroxylation sites is 1. The van der Waals surface area contributed by atoms with Gasteiger partial charge in [0, 0.05) is 22.3 Å². The van der Waals surface area contributed by atoms with Crippen LogP contribution in [0.2, 0.25) is 5.02 Å². The Hall–Kier alpha value is -3.16. The zero-order valence-corrected chi connectivity index (χ0v) is 18.2. The van der Waals surface area contributed by atoms with Crippen LogP contribution in [-0.2, 0) is 14.3 Å². The number of hydrogen-bond donors (Lipinski definition) is 0. The molecule has 0 aliphatic carbocycles. The number of aliphatic imine (C=N–C) groups is 1. The molecule has 0 bridgehead atoms. The van der Waals surface area contributed by atoms with E-state index in [1.54, 1.807) is 29.8 Å². The maximum Gasteiger partial charge on any atom is 0.312 e. The number of carbonyl (C=O) groups is 2. The van der Waals surface area contributed by atoms with E-state index in [1.165, 1.54) is 0 Å². The number of halogens is 1. The molecule has 8 heteroatoms. The largest absolute Gasteiger partial charge is 0.466 e. The van der Waals surface area contributed by atoms with Gasteiger partial charge in [0.05, 0.1) is 23.8 Å². The highest BCUT2D eigenvalue weighted by Crippen LogP contribution is 2.31. The van der Waals surface area contributed by atoms with Gasteiger partial charge in [0.25, 0.3) is 0 Å². The van der Waals surface area contributed by atoms with E-state index in [2.05, 4.69) is 4.99 Å². The van der Waals surface area contributed by atoms with E-state index < -0.39 is 5.97 Å². The summed E-state index contributed by atoms with van der Waals surface area (Å²) in [7, 11) is 0. The topological polar surface area (TPSA) is 73.5 Å². The van der Waals surface area contributed by atoms with Gasteiger partial charge >= 0.3 is 5.97 Å². The molecule has 1 aromatic heterocycles. The van der Waals surface area contributed by atoms with E-state index in [1.807, 2.05) is 48.7 Å². The summed E-state index contributed by atoms with van der Waals surface area (Å²) in [4.78, 5) is 28.6. The van der Waals surface area contributed by atoms with Gasteiger partial charge in [0.2, 0.25) is 5.12 Å². The van der Waals surface area contributed by atoms with Crippen molar-refractivity contribution in [2.75, 3.05) is 6.61 Å². The van der Waals surface area contributed by atoms with E-state index in [0.717, 1.165) is 28.6 Å². The van der Waals surface area contributed by atoms with Crippen molar-refractivity contribution in [2.24, 2.45) is 4.99 Å². The van der Waals surface area contributed by atoms with Crippen molar-refractivity contribution < 1.29 is 14.3 Å². The Balaban J connectivity index is 1.73. The van der Waals surface area contributed by atoms with Crippen molar-refractivity contribution in [3.05, 3.63) is 77.1 Å². The molecule has 31 heavy (non-hydrogen) atoms. The van der Waals surface area contributed by atoms with Gasteiger partial charge in [-0.1, -0.05) is 41.9 Å². The molecule has 0 atom stereocenters. The lowest BCUT2D eigenvalue weighted by Gasteiger charge is -2.01. The lowest BCUT2D eigenvalue weighted by molar-refractivity contribution is -0.141. The molecule has 0 saturated heterocycles. The Labute approximate surface area is 188 Å². The third-order valence-electron chi connectivity index (χ3n) is 4.44. The number of aromatic nitrogens is 2. The van der Waals surface area contributed by atoms with Crippen LogP contribution in [0.1, 0.15) is 18.9 Å². The van der Waals surface area contributed by atoms with E-state index in [0.29, 0.717) is 15.8 Å². The molecule has 1 aliphatic heterocycles. The Bertz CT molecular complexity index is 1180. The first kappa shape index (κ1) is 21.1. The average Bonchev–Trinajstić information content (AvgIpc) is 3.33. The zero-order chi connectivity index (χ0) is 21.8. The lowest BCUT2D eigenvalue weighted by atomic mass is 10.1. The van der Waals surface area contributed by atoms with Crippen LogP contribution in [0.15, 0.2) is 71.5 Å². The third-order valence-corrected chi connectivity index (χ3v) is 5.56. The number of nitrogens with zero attached hydrogens (tertiary/aromatic N) is 3. The van der Waals surface area contributed by atoms with Gasteiger partial charge in [-0.15, -0.1) is 0 Å². The Morgan fingerprint density at radius 2 is 1.90 bits per heavy atom. The summed E-state index contributed by atoms with van der Waals surface area (Å²) in [5, 5.41) is 5.57. The number of rotatable bonds is 6. The van der Waals surface area contributed by atoms with Crippen LogP contribution in [0, 0.1) is 0 Å². The molecule has 0 spiro atoms. The first-order valence-corrected chi connectivity index (χ1v) is 10.8. The highest BCUT2D eigenvalue weighted by atomic mass is 35.5. The molecule has 3 aromatic rings. The Kier molecular flexibility index (Phi) is 6.34. The summed E-state index contributed by atoms with van der Waals surface area (Å²) >= 11 is 6.99. The van der Waals surface area contributed by atoms with E-state index in [9.17, 15) is 9.59 Å². The van der Waals surface area contributed by atoms with Crippen LogP contribution in [0.4, 0.5) is 0 Å². The minimum absolute atomic E-state index is 0.0189. The van der Waals surface area contributed by atoms with Crippen molar-refractivity contribution in [1.82, 2.24) is 9.78 Å². The maximum atomic E-state index is 12.5.